The van der Waals surface area contributed by atoms with Crippen LogP contribution in [-0.2, 0) is 17.8 Å². The molecule has 0 bridgehead atoms. The van der Waals surface area contributed by atoms with Crippen molar-refractivity contribution in [2.75, 3.05) is 7.05 Å². The summed E-state index contributed by atoms with van der Waals surface area (Å²) >= 11 is 5.19. The molecule has 2 aromatic carbocycles. The van der Waals surface area contributed by atoms with Gasteiger partial charge in [-0.1, -0.05) is 46.3 Å². The smallest absolute Gasteiger partial charge is 0.223 e. The molecule has 23 heavy (non-hydrogen) atoms. The Balaban J connectivity index is 1.59. The van der Waals surface area contributed by atoms with Crippen molar-refractivity contribution in [1.82, 2.24) is 9.88 Å². The first-order valence-corrected chi connectivity index (χ1v) is 9.06. The molecule has 3 aromatic rings. The Kier molecular flexibility index (Phi) is 5.08. The SMILES string of the molecule is CN(Cc1ccccc1Br)C(=O)CCc1nc2ccccc2s1. The standard InChI is InChI=1S/C18H17BrN2OS/c1-21(12-13-6-2-3-7-14(13)19)18(22)11-10-17-20-15-8-4-5-9-16(15)23-17/h2-9H,10-12H2,1H3. The maximum atomic E-state index is 12.3. The molecule has 0 radical (unpaired) electrons. The molecule has 1 aromatic heterocycles. The van der Waals surface area contributed by atoms with Gasteiger partial charge >= 0.3 is 0 Å². The molecular weight excluding hydrogens is 372 g/mol. The van der Waals surface area contributed by atoms with Gasteiger partial charge in [0, 0.05) is 30.9 Å². The van der Waals surface area contributed by atoms with Crippen molar-refractivity contribution in [2.45, 2.75) is 19.4 Å². The van der Waals surface area contributed by atoms with E-state index in [2.05, 4.69) is 27.0 Å². The first-order valence-electron chi connectivity index (χ1n) is 7.45. The fourth-order valence-electron chi connectivity index (χ4n) is 2.40. The number of fused-ring (bicyclic) bond motifs is 1. The van der Waals surface area contributed by atoms with Gasteiger partial charge in [0.1, 0.15) is 0 Å². The predicted octanol–water partition coefficient (Wildman–Crippen LogP) is 4.65. The molecule has 0 aliphatic carbocycles. The van der Waals surface area contributed by atoms with Crippen LogP contribution in [-0.4, -0.2) is 22.8 Å². The molecule has 118 valence electrons. The first kappa shape index (κ1) is 16.1. The number of thiazole rings is 1. The lowest BCUT2D eigenvalue weighted by atomic mass is 10.2. The molecule has 0 saturated heterocycles. The lowest BCUT2D eigenvalue weighted by Gasteiger charge is -2.17. The zero-order valence-corrected chi connectivity index (χ0v) is 15.2. The number of benzene rings is 2. The van der Waals surface area contributed by atoms with Crippen LogP contribution < -0.4 is 0 Å². The van der Waals surface area contributed by atoms with Gasteiger partial charge in [-0.05, 0) is 23.8 Å². The number of amides is 1. The number of carbonyl (C=O) groups is 1. The summed E-state index contributed by atoms with van der Waals surface area (Å²) < 4.78 is 2.21. The number of aromatic nitrogens is 1. The molecule has 0 aliphatic rings. The van der Waals surface area contributed by atoms with Gasteiger partial charge in [-0.2, -0.15) is 0 Å². The maximum absolute atomic E-state index is 12.3. The van der Waals surface area contributed by atoms with Gasteiger partial charge in [0.25, 0.3) is 0 Å². The van der Waals surface area contributed by atoms with E-state index in [0.29, 0.717) is 19.4 Å². The summed E-state index contributed by atoms with van der Waals surface area (Å²) in [4.78, 5) is 18.7. The van der Waals surface area contributed by atoms with E-state index in [0.717, 1.165) is 20.6 Å². The van der Waals surface area contributed by atoms with E-state index in [1.54, 1.807) is 16.2 Å². The number of carbonyl (C=O) groups excluding carboxylic acids is 1. The summed E-state index contributed by atoms with van der Waals surface area (Å²) in [6.45, 7) is 0.611. The lowest BCUT2D eigenvalue weighted by Crippen LogP contribution is -2.26. The molecule has 1 amide bonds. The second-order valence-corrected chi connectivity index (χ2v) is 7.39. The van der Waals surface area contributed by atoms with E-state index >= 15 is 0 Å². The van der Waals surface area contributed by atoms with Crippen LogP contribution in [0.3, 0.4) is 0 Å². The van der Waals surface area contributed by atoms with E-state index in [4.69, 9.17) is 0 Å². The average molecular weight is 389 g/mol. The van der Waals surface area contributed by atoms with Crippen LogP contribution in [0.5, 0.6) is 0 Å². The van der Waals surface area contributed by atoms with Crippen LogP contribution in [0.1, 0.15) is 17.0 Å². The number of hydrogen-bond donors (Lipinski definition) is 0. The predicted molar refractivity (Wildman–Crippen MR) is 98.6 cm³/mol. The lowest BCUT2D eigenvalue weighted by molar-refractivity contribution is -0.130. The number of aryl methyl sites for hydroxylation is 1. The number of para-hydroxylation sites is 1. The normalized spacial score (nSPS) is 10.9. The summed E-state index contributed by atoms with van der Waals surface area (Å²) in [6, 6.07) is 16.1. The molecule has 0 unspecified atom stereocenters. The minimum absolute atomic E-state index is 0.139. The van der Waals surface area contributed by atoms with Crippen LogP contribution >= 0.6 is 27.3 Å². The molecule has 0 atom stereocenters. The van der Waals surface area contributed by atoms with Crippen molar-refractivity contribution in [1.29, 1.82) is 0 Å². The molecule has 3 rings (SSSR count). The first-order chi connectivity index (χ1) is 11.1. The summed E-state index contributed by atoms with van der Waals surface area (Å²) in [5.41, 5.74) is 2.13. The zero-order valence-electron chi connectivity index (χ0n) is 12.8. The largest absolute Gasteiger partial charge is 0.341 e. The summed E-state index contributed by atoms with van der Waals surface area (Å²) in [5, 5.41) is 1.02. The Hall–Kier alpha value is -1.72. The molecule has 0 N–H and O–H groups in total. The van der Waals surface area contributed by atoms with Crippen molar-refractivity contribution in [3.8, 4) is 0 Å². The Morgan fingerprint density at radius 3 is 2.70 bits per heavy atom. The third-order valence-corrected chi connectivity index (χ3v) is 5.55. The quantitative estimate of drug-likeness (QED) is 0.637. The van der Waals surface area contributed by atoms with Crippen molar-refractivity contribution in [3.05, 3.63) is 63.6 Å². The van der Waals surface area contributed by atoms with Gasteiger partial charge < -0.3 is 4.90 Å². The summed E-state index contributed by atoms with van der Waals surface area (Å²) in [7, 11) is 1.85. The number of nitrogens with zero attached hydrogens (tertiary/aromatic N) is 2. The molecule has 1 heterocycles. The molecule has 0 fully saturated rings. The van der Waals surface area contributed by atoms with Crippen molar-refractivity contribution >= 4 is 43.4 Å². The number of halogens is 1. The monoisotopic (exact) mass is 388 g/mol. The van der Waals surface area contributed by atoms with Crippen molar-refractivity contribution in [3.63, 3.8) is 0 Å². The minimum Gasteiger partial charge on any atom is -0.341 e. The second kappa shape index (κ2) is 7.23. The van der Waals surface area contributed by atoms with E-state index in [1.807, 2.05) is 49.5 Å². The van der Waals surface area contributed by atoms with E-state index in [9.17, 15) is 4.79 Å². The Morgan fingerprint density at radius 1 is 1.17 bits per heavy atom. The van der Waals surface area contributed by atoms with Gasteiger partial charge in [-0.3, -0.25) is 4.79 Å². The van der Waals surface area contributed by atoms with Crippen molar-refractivity contribution < 1.29 is 4.79 Å². The highest BCUT2D eigenvalue weighted by atomic mass is 79.9. The number of rotatable bonds is 5. The summed E-state index contributed by atoms with van der Waals surface area (Å²) in [5.74, 6) is 0.139. The Morgan fingerprint density at radius 2 is 1.91 bits per heavy atom. The molecule has 0 saturated carbocycles. The Labute approximate surface area is 148 Å². The van der Waals surface area contributed by atoms with Crippen LogP contribution in [0.4, 0.5) is 0 Å². The molecule has 3 nitrogen and oxygen atoms in total. The van der Waals surface area contributed by atoms with Crippen molar-refractivity contribution in [2.24, 2.45) is 0 Å². The van der Waals surface area contributed by atoms with Gasteiger partial charge in [-0.25, -0.2) is 4.98 Å². The van der Waals surface area contributed by atoms with E-state index < -0.39 is 0 Å². The number of hydrogen-bond acceptors (Lipinski definition) is 3. The molecule has 0 spiro atoms. The highest BCUT2D eigenvalue weighted by Gasteiger charge is 2.12. The van der Waals surface area contributed by atoms with E-state index in [1.165, 1.54) is 4.70 Å². The fourth-order valence-corrected chi connectivity index (χ4v) is 3.78. The Bertz CT molecular complexity index is 798. The van der Waals surface area contributed by atoms with Crippen LogP contribution in [0.25, 0.3) is 10.2 Å². The fraction of sp³-hybridized carbons (Fsp3) is 0.222. The minimum atomic E-state index is 0.139. The van der Waals surface area contributed by atoms with E-state index in [-0.39, 0.29) is 5.91 Å². The molecule has 5 heteroatoms. The van der Waals surface area contributed by atoms with Crippen LogP contribution in [0.2, 0.25) is 0 Å². The van der Waals surface area contributed by atoms with Crippen LogP contribution in [0.15, 0.2) is 53.0 Å². The zero-order chi connectivity index (χ0) is 16.2. The van der Waals surface area contributed by atoms with Gasteiger partial charge in [0.15, 0.2) is 0 Å². The van der Waals surface area contributed by atoms with Gasteiger partial charge in [0.05, 0.1) is 15.2 Å². The third-order valence-electron chi connectivity index (χ3n) is 3.68. The average Bonchev–Trinajstić information content (AvgIpc) is 2.97. The molecular formula is C18H17BrN2OS. The molecule has 0 aliphatic heterocycles. The second-order valence-electron chi connectivity index (χ2n) is 5.42. The highest BCUT2D eigenvalue weighted by Crippen LogP contribution is 2.23. The topological polar surface area (TPSA) is 33.2 Å². The third kappa shape index (κ3) is 3.98. The van der Waals surface area contributed by atoms with Gasteiger partial charge in [0.2, 0.25) is 5.91 Å². The maximum Gasteiger partial charge on any atom is 0.223 e. The summed E-state index contributed by atoms with van der Waals surface area (Å²) in [6.07, 6.45) is 1.18. The highest BCUT2D eigenvalue weighted by molar-refractivity contribution is 9.10. The van der Waals surface area contributed by atoms with Crippen LogP contribution in [0, 0.1) is 0 Å². The van der Waals surface area contributed by atoms with Gasteiger partial charge in [-0.15, -0.1) is 11.3 Å².